The monoisotopic (exact) mass is 253 g/mol. The number of rotatable bonds is 6. The van der Waals surface area contributed by atoms with Gasteiger partial charge in [-0.15, -0.1) is 0 Å². The summed E-state index contributed by atoms with van der Waals surface area (Å²) in [5.74, 6) is 1.04. The van der Waals surface area contributed by atoms with Crippen molar-refractivity contribution in [3.05, 3.63) is 11.8 Å². The molecule has 1 atom stereocenters. The second-order valence-electron chi connectivity index (χ2n) is 5.04. The Bertz CT molecular complexity index is 390. The molecule has 0 aromatic carbocycles. The maximum atomic E-state index is 9.38. The quantitative estimate of drug-likeness (QED) is 0.813. The van der Waals surface area contributed by atoms with E-state index in [0.29, 0.717) is 11.8 Å². The van der Waals surface area contributed by atoms with Crippen molar-refractivity contribution in [3.8, 4) is 5.88 Å². The van der Waals surface area contributed by atoms with E-state index in [1.54, 1.807) is 6.07 Å². The van der Waals surface area contributed by atoms with Gasteiger partial charge in [-0.25, -0.2) is 4.98 Å². The van der Waals surface area contributed by atoms with Crippen LogP contribution in [0.1, 0.15) is 39.8 Å². The molecule has 1 aromatic heterocycles. The number of anilines is 1. The van der Waals surface area contributed by atoms with Crippen molar-refractivity contribution >= 4 is 5.95 Å². The summed E-state index contributed by atoms with van der Waals surface area (Å²) in [4.78, 5) is 8.61. The first-order valence-electron chi connectivity index (χ1n) is 6.30. The van der Waals surface area contributed by atoms with E-state index in [1.165, 1.54) is 0 Å². The topological polar surface area (TPSA) is 67.3 Å². The van der Waals surface area contributed by atoms with Crippen molar-refractivity contribution in [3.63, 3.8) is 0 Å². The zero-order chi connectivity index (χ0) is 13.8. The van der Waals surface area contributed by atoms with E-state index < -0.39 is 5.54 Å². The summed E-state index contributed by atoms with van der Waals surface area (Å²) in [7, 11) is 0. The number of hydrogen-bond acceptors (Lipinski definition) is 5. The fraction of sp³-hybridized carbons (Fsp3) is 0.692. The lowest BCUT2D eigenvalue weighted by Gasteiger charge is -2.27. The Kier molecular flexibility index (Phi) is 4.90. The number of aromatic nitrogens is 2. The van der Waals surface area contributed by atoms with Crippen LogP contribution in [0.3, 0.4) is 0 Å². The number of aliphatic hydroxyl groups excluding tert-OH is 1. The minimum Gasteiger partial charge on any atom is -0.475 e. The van der Waals surface area contributed by atoms with Gasteiger partial charge in [0.15, 0.2) is 0 Å². The van der Waals surface area contributed by atoms with Gasteiger partial charge in [-0.05, 0) is 34.1 Å². The SMILES string of the molecule is CCC(C)(CO)Nc1nc(C)cc(OC(C)C)n1. The van der Waals surface area contributed by atoms with E-state index in [4.69, 9.17) is 4.74 Å². The number of nitrogens with zero attached hydrogens (tertiary/aromatic N) is 2. The lowest BCUT2D eigenvalue weighted by molar-refractivity contribution is 0.216. The lowest BCUT2D eigenvalue weighted by Crippen LogP contribution is -2.38. The predicted octanol–water partition coefficient (Wildman–Crippen LogP) is 2.15. The molecule has 0 radical (unpaired) electrons. The second-order valence-corrected chi connectivity index (χ2v) is 5.04. The van der Waals surface area contributed by atoms with Gasteiger partial charge in [0.1, 0.15) is 0 Å². The zero-order valence-electron chi connectivity index (χ0n) is 11.8. The highest BCUT2D eigenvalue weighted by Gasteiger charge is 2.22. The van der Waals surface area contributed by atoms with E-state index in [9.17, 15) is 5.11 Å². The Labute approximate surface area is 109 Å². The van der Waals surface area contributed by atoms with Crippen LogP contribution in [-0.2, 0) is 0 Å². The summed E-state index contributed by atoms with van der Waals surface area (Å²) in [6, 6.07) is 1.80. The van der Waals surface area contributed by atoms with Crippen LogP contribution in [0.15, 0.2) is 6.07 Å². The summed E-state index contributed by atoms with van der Waals surface area (Å²) in [5, 5.41) is 12.5. The van der Waals surface area contributed by atoms with Crippen LogP contribution >= 0.6 is 0 Å². The Morgan fingerprint density at radius 3 is 2.61 bits per heavy atom. The van der Waals surface area contributed by atoms with Gasteiger partial charge in [-0.3, -0.25) is 0 Å². The molecule has 0 saturated carbocycles. The molecule has 0 aliphatic rings. The molecule has 1 aromatic rings. The molecule has 5 heteroatoms. The van der Waals surface area contributed by atoms with Gasteiger partial charge in [-0.2, -0.15) is 4.98 Å². The average molecular weight is 253 g/mol. The Balaban J connectivity index is 2.92. The van der Waals surface area contributed by atoms with E-state index in [2.05, 4.69) is 15.3 Å². The predicted molar refractivity (Wildman–Crippen MR) is 71.9 cm³/mol. The van der Waals surface area contributed by atoms with Crippen molar-refractivity contribution in [2.75, 3.05) is 11.9 Å². The van der Waals surface area contributed by atoms with Gasteiger partial charge in [0.2, 0.25) is 11.8 Å². The summed E-state index contributed by atoms with van der Waals surface area (Å²) in [6.45, 7) is 9.76. The Hall–Kier alpha value is -1.36. The van der Waals surface area contributed by atoms with Gasteiger partial charge >= 0.3 is 0 Å². The largest absolute Gasteiger partial charge is 0.475 e. The van der Waals surface area contributed by atoms with Crippen molar-refractivity contribution < 1.29 is 9.84 Å². The van der Waals surface area contributed by atoms with Gasteiger partial charge < -0.3 is 15.2 Å². The lowest BCUT2D eigenvalue weighted by atomic mass is 10.0. The molecule has 0 spiro atoms. The molecule has 1 rings (SSSR count). The highest BCUT2D eigenvalue weighted by molar-refractivity contribution is 5.33. The minimum atomic E-state index is -0.414. The summed E-state index contributed by atoms with van der Waals surface area (Å²) in [6.07, 6.45) is 0.851. The molecule has 1 heterocycles. The van der Waals surface area contributed by atoms with E-state index in [0.717, 1.165) is 12.1 Å². The molecule has 18 heavy (non-hydrogen) atoms. The smallest absolute Gasteiger partial charge is 0.226 e. The molecule has 5 nitrogen and oxygen atoms in total. The average Bonchev–Trinajstić information content (AvgIpc) is 2.27. The van der Waals surface area contributed by atoms with Crippen molar-refractivity contribution in [1.82, 2.24) is 9.97 Å². The van der Waals surface area contributed by atoms with Crippen molar-refractivity contribution in [2.45, 2.75) is 52.7 Å². The van der Waals surface area contributed by atoms with E-state index in [-0.39, 0.29) is 12.7 Å². The molecule has 1 unspecified atom stereocenters. The molecule has 0 aliphatic heterocycles. The fourth-order valence-electron chi connectivity index (χ4n) is 1.41. The van der Waals surface area contributed by atoms with Crippen LogP contribution in [0.4, 0.5) is 5.95 Å². The Morgan fingerprint density at radius 2 is 2.11 bits per heavy atom. The molecule has 0 amide bonds. The standard InChI is InChI=1S/C13H23N3O2/c1-6-13(5,8-17)16-12-14-10(4)7-11(15-12)18-9(2)3/h7,9,17H,6,8H2,1-5H3,(H,14,15,16). The number of aliphatic hydroxyl groups is 1. The number of ether oxygens (including phenoxy) is 1. The van der Waals surface area contributed by atoms with Crippen LogP contribution < -0.4 is 10.1 Å². The highest BCUT2D eigenvalue weighted by atomic mass is 16.5. The molecule has 102 valence electrons. The molecular weight excluding hydrogens is 230 g/mol. The number of hydrogen-bond donors (Lipinski definition) is 2. The van der Waals surface area contributed by atoms with Crippen LogP contribution in [0, 0.1) is 6.92 Å². The third kappa shape index (κ3) is 4.14. The summed E-state index contributed by atoms with van der Waals surface area (Å²) >= 11 is 0. The van der Waals surface area contributed by atoms with E-state index >= 15 is 0 Å². The Morgan fingerprint density at radius 1 is 1.44 bits per heavy atom. The van der Waals surface area contributed by atoms with Crippen molar-refractivity contribution in [1.29, 1.82) is 0 Å². The maximum absolute atomic E-state index is 9.38. The van der Waals surface area contributed by atoms with Crippen LogP contribution in [0.2, 0.25) is 0 Å². The first-order valence-corrected chi connectivity index (χ1v) is 6.30. The second kappa shape index (κ2) is 6.00. The van der Waals surface area contributed by atoms with Crippen molar-refractivity contribution in [2.24, 2.45) is 0 Å². The molecule has 0 fully saturated rings. The molecule has 0 saturated heterocycles. The normalized spacial score (nSPS) is 14.4. The maximum Gasteiger partial charge on any atom is 0.226 e. The third-order valence-corrected chi connectivity index (χ3v) is 2.73. The number of nitrogens with one attached hydrogen (secondary N) is 1. The van der Waals surface area contributed by atoms with Crippen LogP contribution in [0.5, 0.6) is 5.88 Å². The summed E-state index contributed by atoms with van der Waals surface area (Å²) in [5.41, 5.74) is 0.419. The van der Waals surface area contributed by atoms with Gasteiger partial charge in [0, 0.05) is 11.8 Å². The minimum absolute atomic E-state index is 0.0289. The van der Waals surface area contributed by atoms with Crippen LogP contribution in [-0.4, -0.2) is 33.3 Å². The van der Waals surface area contributed by atoms with E-state index in [1.807, 2.05) is 34.6 Å². The third-order valence-electron chi connectivity index (χ3n) is 2.73. The highest BCUT2D eigenvalue weighted by Crippen LogP contribution is 2.18. The zero-order valence-corrected chi connectivity index (χ0v) is 11.8. The fourth-order valence-corrected chi connectivity index (χ4v) is 1.41. The number of aryl methyl sites for hydroxylation is 1. The first-order chi connectivity index (χ1) is 8.38. The molecule has 2 N–H and O–H groups in total. The van der Waals surface area contributed by atoms with Gasteiger partial charge in [-0.1, -0.05) is 6.92 Å². The van der Waals surface area contributed by atoms with Gasteiger partial charge in [0.25, 0.3) is 0 Å². The molecular formula is C13H23N3O2. The van der Waals surface area contributed by atoms with Gasteiger partial charge in [0.05, 0.1) is 18.2 Å². The van der Waals surface area contributed by atoms with Crippen LogP contribution in [0.25, 0.3) is 0 Å². The summed E-state index contributed by atoms with van der Waals surface area (Å²) < 4.78 is 5.56. The first kappa shape index (κ1) is 14.7. The molecule has 0 bridgehead atoms. The molecule has 0 aliphatic carbocycles.